The summed E-state index contributed by atoms with van der Waals surface area (Å²) in [6.45, 7) is 1.52. The summed E-state index contributed by atoms with van der Waals surface area (Å²) in [4.78, 5) is 27.3. The minimum absolute atomic E-state index is 0.171. The Balaban J connectivity index is 1.89. The summed E-state index contributed by atoms with van der Waals surface area (Å²) in [5.74, 6) is -1.03. The smallest absolute Gasteiger partial charge is 0.357 e. The number of aromatic nitrogens is 1. The predicted octanol–water partition coefficient (Wildman–Crippen LogP) is 2.95. The van der Waals surface area contributed by atoms with Crippen molar-refractivity contribution in [1.29, 1.82) is 0 Å². The Morgan fingerprint density at radius 2 is 2.10 bits per heavy atom. The van der Waals surface area contributed by atoms with Crippen molar-refractivity contribution in [2.24, 2.45) is 0 Å². The molecule has 0 radical (unpaired) electrons. The van der Waals surface area contributed by atoms with E-state index in [1.165, 1.54) is 12.3 Å². The van der Waals surface area contributed by atoms with Gasteiger partial charge in [0, 0.05) is 16.4 Å². The van der Waals surface area contributed by atoms with Gasteiger partial charge in [-0.3, -0.25) is 4.79 Å². The first-order valence-electron chi connectivity index (χ1n) is 6.20. The fourth-order valence-electron chi connectivity index (χ4n) is 1.64. The van der Waals surface area contributed by atoms with Gasteiger partial charge in [-0.1, -0.05) is 22.0 Å². The lowest BCUT2D eigenvalue weighted by Gasteiger charge is -2.09. The topological polar surface area (TPSA) is 68.3 Å². The second kappa shape index (κ2) is 6.99. The van der Waals surface area contributed by atoms with Gasteiger partial charge in [0.25, 0.3) is 5.91 Å². The van der Waals surface area contributed by atoms with E-state index in [0.29, 0.717) is 5.69 Å². The van der Waals surface area contributed by atoms with E-state index in [0.717, 1.165) is 10.0 Å². The van der Waals surface area contributed by atoms with Crippen molar-refractivity contribution in [2.75, 3.05) is 11.9 Å². The molecule has 5 nitrogen and oxygen atoms in total. The van der Waals surface area contributed by atoms with E-state index in [4.69, 9.17) is 4.74 Å². The fraction of sp³-hybridized carbons (Fsp3) is 0.133. The minimum Gasteiger partial charge on any atom is -0.451 e. The SMILES string of the molecule is Cc1cc(Br)ccc1NC(=O)COC(=O)c1ccccn1. The summed E-state index contributed by atoms with van der Waals surface area (Å²) in [6.07, 6.45) is 1.49. The van der Waals surface area contributed by atoms with Crippen LogP contribution < -0.4 is 5.32 Å². The van der Waals surface area contributed by atoms with Crippen molar-refractivity contribution in [3.63, 3.8) is 0 Å². The number of amides is 1. The van der Waals surface area contributed by atoms with Gasteiger partial charge in [0.2, 0.25) is 0 Å². The maximum Gasteiger partial charge on any atom is 0.357 e. The van der Waals surface area contributed by atoms with Gasteiger partial charge in [-0.15, -0.1) is 0 Å². The van der Waals surface area contributed by atoms with Gasteiger partial charge in [-0.05, 0) is 42.8 Å². The van der Waals surface area contributed by atoms with E-state index in [9.17, 15) is 9.59 Å². The Morgan fingerprint density at radius 3 is 2.76 bits per heavy atom. The molecular formula is C15H13BrN2O3. The fourth-order valence-corrected chi connectivity index (χ4v) is 2.12. The van der Waals surface area contributed by atoms with Crippen LogP contribution in [-0.2, 0) is 9.53 Å². The predicted molar refractivity (Wildman–Crippen MR) is 82.0 cm³/mol. The zero-order chi connectivity index (χ0) is 15.2. The summed E-state index contributed by atoms with van der Waals surface area (Å²) in [5, 5.41) is 2.69. The Labute approximate surface area is 130 Å². The third kappa shape index (κ3) is 4.39. The third-order valence-corrected chi connectivity index (χ3v) is 3.16. The van der Waals surface area contributed by atoms with Crippen LogP contribution in [0.15, 0.2) is 47.1 Å². The molecule has 1 amide bonds. The monoisotopic (exact) mass is 348 g/mol. The highest BCUT2D eigenvalue weighted by Crippen LogP contribution is 2.19. The second-order valence-electron chi connectivity index (χ2n) is 4.30. The molecule has 0 unspecified atom stereocenters. The average molecular weight is 349 g/mol. The molecule has 0 atom stereocenters. The first-order chi connectivity index (χ1) is 10.1. The van der Waals surface area contributed by atoms with Crippen molar-refractivity contribution in [2.45, 2.75) is 6.92 Å². The summed E-state index contributed by atoms with van der Waals surface area (Å²) in [6, 6.07) is 10.4. The summed E-state index contributed by atoms with van der Waals surface area (Å²) >= 11 is 3.35. The molecule has 108 valence electrons. The molecule has 0 bridgehead atoms. The molecular weight excluding hydrogens is 336 g/mol. The van der Waals surface area contributed by atoms with Crippen LogP contribution in [0.2, 0.25) is 0 Å². The van der Waals surface area contributed by atoms with Crippen molar-refractivity contribution >= 4 is 33.5 Å². The Morgan fingerprint density at radius 1 is 1.29 bits per heavy atom. The highest BCUT2D eigenvalue weighted by atomic mass is 79.9. The molecule has 0 aliphatic carbocycles. The lowest BCUT2D eigenvalue weighted by atomic mass is 10.2. The molecule has 2 aromatic rings. The minimum atomic E-state index is -0.627. The standard InChI is InChI=1S/C15H13BrN2O3/c1-10-8-11(16)5-6-12(10)18-14(19)9-21-15(20)13-4-2-3-7-17-13/h2-8H,9H2,1H3,(H,18,19). The second-order valence-corrected chi connectivity index (χ2v) is 5.21. The lowest BCUT2D eigenvalue weighted by Crippen LogP contribution is -2.21. The molecule has 0 spiro atoms. The zero-order valence-electron chi connectivity index (χ0n) is 11.3. The molecule has 0 aliphatic rings. The third-order valence-electron chi connectivity index (χ3n) is 2.67. The number of hydrogen-bond donors (Lipinski definition) is 1. The number of carbonyl (C=O) groups excluding carboxylic acids is 2. The first kappa shape index (κ1) is 15.2. The number of rotatable bonds is 4. The molecule has 0 fully saturated rings. The summed E-state index contributed by atoms with van der Waals surface area (Å²) in [5.41, 5.74) is 1.76. The van der Waals surface area contributed by atoms with Gasteiger partial charge in [-0.25, -0.2) is 9.78 Å². The molecule has 21 heavy (non-hydrogen) atoms. The van der Waals surface area contributed by atoms with Crippen LogP contribution >= 0.6 is 15.9 Å². The van der Waals surface area contributed by atoms with E-state index in [1.54, 1.807) is 18.2 Å². The van der Waals surface area contributed by atoms with Gasteiger partial charge in [-0.2, -0.15) is 0 Å². The van der Waals surface area contributed by atoms with E-state index >= 15 is 0 Å². The number of benzene rings is 1. The summed E-state index contributed by atoms with van der Waals surface area (Å²) < 4.78 is 5.83. The van der Waals surface area contributed by atoms with Crippen LogP contribution in [0.3, 0.4) is 0 Å². The van der Waals surface area contributed by atoms with Gasteiger partial charge >= 0.3 is 5.97 Å². The quantitative estimate of drug-likeness (QED) is 0.862. The Kier molecular flexibility index (Phi) is 5.05. The molecule has 6 heteroatoms. The first-order valence-corrected chi connectivity index (χ1v) is 7.00. The number of nitrogens with zero attached hydrogens (tertiary/aromatic N) is 1. The number of halogens is 1. The van der Waals surface area contributed by atoms with Crippen molar-refractivity contribution in [3.8, 4) is 0 Å². The maximum atomic E-state index is 11.8. The van der Waals surface area contributed by atoms with Crippen LogP contribution in [0.5, 0.6) is 0 Å². The van der Waals surface area contributed by atoms with Gasteiger partial charge in [0.15, 0.2) is 6.61 Å². The molecule has 0 aliphatic heterocycles. The van der Waals surface area contributed by atoms with Crippen molar-refractivity contribution < 1.29 is 14.3 Å². The number of carbonyl (C=O) groups is 2. The van der Waals surface area contributed by atoms with Crippen LogP contribution in [0.4, 0.5) is 5.69 Å². The average Bonchev–Trinajstić information content (AvgIpc) is 2.48. The largest absolute Gasteiger partial charge is 0.451 e. The molecule has 2 rings (SSSR count). The van der Waals surface area contributed by atoms with Crippen LogP contribution in [0.25, 0.3) is 0 Å². The number of ether oxygens (including phenoxy) is 1. The van der Waals surface area contributed by atoms with E-state index < -0.39 is 11.9 Å². The van der Waals surface area contributed by atoms with Gasteiger partial charge in [0.1, 0.15) is 5.69 Å². The van der Waals surface area contributed by atoms with E-state index in [1.807, 2.05) is 19.1 Å². The Hall–Kier alpha value is -2.21. The highest BCUT2D eigenvalue weighted by Gasteiger charge is 2.11. The van der Waals surface area contributed by atoms with E-state index in [2.05, 4.69) is 26.2 Å². The van der Waals surface area contributed by atoms with Gasteiger partial charge < -0.3 is 10.1 Å². The molecule has 1 heterocycles. The number of hydrogen-bond acceptors (Lipinski definition) is 4. The van der Waals surface area contributed by atoms with Crippen LogP contribution in [0.1, 0.15) is 16.1 Å². The van der Waals surface area contributed by atoms with Crippen molar-refractivity contribution in [1.82, 2.24) is 4.98 Å². The van der Waals surface area contributed by atoms with Gasteiger partial charge in [0.05, 0.1) is 0 Å². The van der Waals surface area contributed by atoms with Crippen LogP contribution in [0, 0.1) is 6.92 Å². The number of esters is 1. The highest BCUT2D eigenvalue weighted by molar-refractivity contribution is 9.10. The number of pyridine rings is 1. The normalized spacial score (nSPS) is 10.0. The summed E-state index contributed by atoms with van der Waals surface area (Å²) in [7, 11) is 0. The van der Waals surface area contributed by atoms with Crippen molar-refractivity contribution in [3.05, 3.63) is 58.3 Å². The number of aryl methyl sites for hydroxylation is 1. The number of nitrogens with one attached hydrogen (secondary N) is 1. The Bertz CT molecular complexity index is 659. The molecule has 1 aromatic carbocycles. The molecule has 1 N–H and O–H groups in total. The van der Waals surface area contributed by atoms with Crippen LogP contribution in [-0.4, -0.2) is 23.5 Å². The lowest BCUT2D eigenvalue weighted by molar-refractivity contribution is -0.119. The van der Waals surface area contributed by atoms with E-state index in [-0.39, 0.29) is 12.3 Å². The number of anilines is 1. The maximum absolute atomic E-state index is 11.8. The zero-order valence-corrected chi connectivity index (χ0v) is 12.9. The molecule has 1 aromatic heterocycles. The molecule has 0 saturated carbocycles. The molecule has 0 saturated heterocycles.